The van der Waals surface area contributed by atoms with E-state index in [9.17, 15) is 0 Å². The molecule has 7 nitrogen and oxygen atoms in total. The molecule has 0 aliphatic heterocycles. The monoisotopic (exact) mass is 469 g/mol. The molecular formula is C23H24ClN5O2S. The van der Waals surface area contributed by atoms with Gasteiger partial charge in [-0.05, 0) is 61.9 Å². The van der Waals surface area contributed by atoms with E-state index in [0.29, 0.717) is 36.1 Å². The molecule has 9 heteroatoms. The van der Waals surface area contributed by atoms with Crippen LogP contribution >= 0.6 is 23.4 Å². The van der Waals surface area contributed by atoms with Gasteiger partial charge in [0.25, 0.3) is 0 Å². The quantitative estimate of drug-likeness (QED) is 0.356. The molecule has 0 spiro atoms. The second-order valence-corrected chi connectivity index (χ2v) is 8.38. The number of nitrogens with zero attached hydrogens (tertiary/aromatic N) is 3. The SMILES string of the molecule is CCOc1ccc(OCC)c(Sc2nc3c([nH]2)c(=N)ncn3CCc2ccccc2Cl)c1. The third-order valence-electron chi connectivity index (χ3n) is 4.81. The van der Waals surface area contributed by atoms with Crippen molar-refractivity contribution >= 4 is 34.5 Å². The van der Waals surface area contributed by atoms with Gasteiger partial charge in [-0.1, -0.05) is 29.8 Å². The van der Waals surface area contributed by atoms with Crippen molar-refractivity contribution in [3.05, 3.63) is 64.9 Å². The number of imidazole rings is 1. The maximum Gasteiger partial charge on any atom is 0.173 e. The van der Waals surface area contributed by atoms with Gasteiger partial charge in [-0.3, -0.25) is 5.41 Å². The van der Waals surface area contributed by atoms with E-state index in [4.69, 9.17) is 31.5 Å². The summed E-state index contributed by atoms with van der Waals surface area (Å²) in [4.78, 5) is 13.1. The molecule has 4 aromatic rings. The Morgan fingerprint density at radius 2 is 1.94 bits per heavy atom. The number of fused-ring (bicyclic) bond motifs is 1. The van der Waals surface area contributed by atoms with Gasteiger partial charge in [-0.2, -0.15) is 0 Å². The lowest BCUT2D eigenvalue weighted by Crippen LogP contribution is -2.13. The molecule has 2 N–H and O–H groups in total. The zero-order valence-electron chi connectivity index (χ0n) is 17.9. The lowest BCUT2D eigenvalue weighted by Gasteiger charge is -2.11. The molecule has 0 atom stereocenters. The van der Waals surface area contributed by atoms with Crippen LogP contribution in [0.5, 0.6) is 11.5 Å². The summed E-state index contributed by atoms with van der Waals surface area (Å²) in [5.74, 6) is 1.53. The van der Waals surface area contributed by atoms with E-state index in [-0.39, 0.29) is 5.49 Å². The molecule has 0 radical (unpaired) electrons. The summed E-state index contributed by atoms with van der Waals surface area (Å²) in [6.45, 7) is 5.69. The van der Waals surface area contributed by atoms with Gasteiger partial charge in [-0.25, -0.2) is 9.97 Å². The number of rotatable bonds is 9. The van der Waals surface area contributed by atoms with Crippen LogP contribution in [0.2, 0.25) is 5.02 Å². The topological polar surface area (TPSA) is 88.8 Å². The van der Waals surface area contributed by atoms with Crippen molar-refractivity contribution in [3.63, 3.8) is 0 Å². The molecule has 2 heterocycles. The fourth-order valence-electron chi connectivity index (χ4n) is 3.32. The van der Waals surface area contributed by atoms with Crippen LogP contribution in [0.15, 0.2) is 58.8 Å². The summed E-state index contributed by atoms with van der Waals surface area (Å²) in [6, 6.07) is 13.5. The maximum atomic E-state index is 8.21. The molecule has 32 heavy (non-hydrogen) atoms. The van der Waals surface area contributed by atoms with E-state index in [0.717, 1.165) is 33.4 Å². The maximum absolute atomic E-state index is 8.21. The van der Waals surface area contributed by atoms with Gasteiger partial charge in [0.15, 0.2) is 16.3 Å². The minimum atomic E-state index is 0.154. The Morgan fingerprint density at radius 3 is 2.72 bits per heavy atom. The Labute approximate surface area is 195 Å². The molecule has 0 saturated heterocycles. The lowest BCUT2D eigenvalue weighted by molar-refractivity contribution is 0.323. The van der Waals surface area contributed by atoms with Crippen LogP contribution < -0.4 is 15.0 Å². The van der Waals surface area contributed by atoms with Crippen molar-refractivity contribution in [3.8, 4) is 11.5 Å². The fourth-order valence-corrected chi connectivity index (χ4v) is 4.45. The summed E-state index contributed by atoms with van der Waals surface area (Å²) in [5, 5.41) is 9.61. The van der Waals surface area contributed by atoms with E-state index in [1.807, 2.05) is 60.9 Å². The van der Waals surface area contributed by atoms with Crippen LogP contribution in [-0.2, 0) is 13.0 Å². The second-order valence-electron chi connectivity index (χ2n) is 6.95. The normalized spacial score (nSPS) is 11.1. The van der Waals surface area contributed by atoms with E-state index >= 15 is 0 Å². The fraction of sp³-hybridized carbons (Fsp3) is 0.261. The third-order valence-corrected chi connectivity index (χ3v) is 6.10. The molecule has 2 aromatic heterocycles. The predicted molar refractivity (Wildman–Crippen MR) is 126 cm³/mol. The average molecular weight is 470 g/mol. The van der Waals surface area contributed by atoms with Crippen LogP contribution in [0.3, 0.4) is 0 Å². The number of hydrogen-bond donors (Lipinski definition) is 2. The van der Waals surface area contributed by atoms with Crippen LogP contribution in [0.25, 0.3) is 11.2 Å². The first kappa shape index (κ1) is 22.2. The molecule has 0 fully saturated rings. The van der Waals surface area contributed by atoms with Crippen molar-refractivity contribution in [2.75, 3.05) is 13.2 Å². The molecule has 4 rings (SSSR count). The zero-order valence-corrected chi connectivity index (χ0v) is 19.5. The minimum absolute atomic E-state index is 0.154. The molecule has 0 bridgehead atoms. The van der Waals surface area contributed by atoms with Crippen LogP contribution in [0.1, 0.15) is 19.4 Å². The van der Waals surface area contributed by atoms with Crippen LogP contribution in [0.4, 0.5) is 0 Å². The Hall–Kier alpha value is -2.97. The van der Waals surface area contributed by atoms with Crippen LogP contribution in [0, 0.1) is 5.41 Å². The summed E-state index contributed by atoms with van der Waals surface area (Å²) in [6.07, 6.45) is 2.39. The number of nitrogens with one attached hydrogen (secondary N) is 2. The van der Waals surface area contributed by atoms with E-state index in [2.05, 4.69) is 9.97 Å². The molecule has 0 aliphatic carbocycles. The highest BCUT2D eigenvalue weighted by molar-refractivity contribution is 7.99. The Morgan fingerprint density at radius 1 is 1.12 bits per heavy atom. The van der Waals surface area contributed by atoms with E-state index in [1.165, 1.54) is 11.8 Å². The number of H-pyrrole nitrogens is 1. The Bertz CT molecular complexity index is 1290. The van der Waals surface area contributed by atoms with Gasteiger partial charge in [-0.15, -0.1) is 0 Å². The van der Waals surface area contributed by atoms with Crippen molar-refractivity contribution in [2.24, 2.45) is 0 Å². The third kappa shape index (κ3) is 4.92. The average Bonchev–Trinajstić information content (AvgIpc) is 3.21. The summed E-state index contributed by atoms with van der Waals surface area (Å²) < 4.78 is 13.4. The van der Waals surface area contributed by atoms with Gasteiger partial charge >= 0.3 is 0 Å². The number of aryl methyl sites for hydroxylation is 2. The van der Waals surface area contributed by atoms with Gasteiger partial charge < -0.3 is 19.0 Å². The molecule has 0 aliphatic rings. The second kappa shape index (κ2) is 10.1. The smallest absolute Gasteiger partial charge is 0.173 e. The molecule has 2 aromatic carbocycles. The predicted octanol–water partition coefficient (Wildman–Crippen LogP) is 5.08. The summed E-state index contributed by atoms with van der Waals surface area (Å²) >= 11 is 7.74. The van der Waals surface area contributed by atoms with Gasteiger partial charge in [0.2, 0.25) is 0 Å². The first-order valence-corrected chi connectivity index (χ1v) is 11.6. The van der Waals surface area contributed by atoms with Crippen molar-refractivity contribution < 1.29 is 9.47 Å². The zero-order chi connectivity index (χ0) is 22.5. The Kier molecular flexibility index (Phi) is 7.02. The molecular weight excluding hydrogens is 446 g/mol. The van der Waals surface area contributed by atoms with Crippen LogP contribution in [-0.4, -0.2) is 32.7 Å². The summed E-state index contributed by atoms with van der Waals surface area (Å²) in [7, 11) is 0. The van der Waals surface area contributed by atoms with Crippen molar-refractivity contribution in [1.29, 1.82) is 5.41 Å². The molecule has 0 unspecified atom stereocenters. The standard InChI is InChI=1S/C23H24ClN5O2S/c1-3-30-16-9-10-18(31-4-2)19(13-16)32-23-27-20-21(25)26-14-29(22(20)28-23)12-11-15-7-5-6-8-17(15)24/h5-10,13-14,25H,3-4,11-12H2,1-2H3,(H,27,28). The number of hydrogen-bond acceptors (Lipinski definition) is 6. The van der Waals surface area contributed by atoms with Crippen molar-refractivity contribution in [1.82, 2.24) is 19.5 Å². The first-order chi connectivity index (χ1) is 15.6. The first-order valence-electron chi connectivity index (χ1n) is 10.4. The number of halogens is 1. The minimum Gasteiger partial charge on any atom is -0.494 e. The molecule has 0 saturated carbocycles. The number of benzene rings is 2. The largest absolute Gasteiger partial charge is 0.494 e. The highest BCUT2D eigenvalue weighted by atomic mass is 35.5. The number of aromatic amines is 1. The number of aromatic nitrogens is 4. The number of ether oxygens (including phenoxy) is 2. The highest BCUT2D eigenvalue weighted by Crippen LogP contribution is 2.37. The van der Waals surface area contributed by atoms with E-state index in [1.54, 1.807) is 6.33 Å². The molecule has 166 valence electrons. The highest BCUT2D eigenvalue weighted by Gasteiger charge is 2.14. The summed E-state index contributed by atoms with van der Waals surface area (Å²) in [5.41, 5.74) is 2.48. The van der Waals surface area contributed by atoms with Crippen molar-refractivity contribution in [2.45, 2.75) is 36.9 Å². The van der Waals surface area contributed by atoms with E-state index < -0.39 is 0 Å². The van der Waals surface area contributed by atoms with Gasteiger partial charge in [0.1, 0.15) is 17.0 Å². The van der Waals surface area contributed by atoms with Gasteiger partial charge in [0.05, 0.1) is 24.4 Å². The Balaban J connectivity index is 1.64. The molecule has 0 amide bonds. The lowest BCUT2D eigenvalue weighted by atomic mass is 10.1. The van der Waals surface area contributed by atoms with Gasteiger partial charge in [0, 0.05) is 11.6 Å².